The molecule has 0 spiro atoms. The summed E-state index contributed by atoms with van der Waals surface area (Å²) >= 11 is 1.75. The van der Waals surface area contributed by atoms with Gasteiger partial charge in [-0.15, -0.1) is 0 Å². The Labute approximate surface area is 208 Å². The zero-order chi connectivity index (χ0) is 24.2. The van der Waals surface area contributed by atoms with Crippen molar-refractivity contribution in [1.29, 1.82) is 0 Å². The largest absolute Gasteiger partial charge is 0.497 e. The molecule has 2 aromatic rings. The maximum atomic E-state index is 13.4. The van der Waals surface area contributed by atoms with Crippen LogP contribution in [0.2, 0.25) is 0 Å². The summed E-state index contributed by atoms with van der Waals surface area (Å²) in [4.78, 5) is 28.5. The van der Waals surface area contributed by atoms with Gasteiger partial charge in [-0.2, -0.15) is 11.8 Å². The van der Waals surface area contributed by atoms with Gasteiger partial charge in [0, 0.05) is 30.5 Å². The highest BCUT2D eigenvalue weighted by Crippen LogP contribution is 2.21. The molecular weight excluding hydrogens is 444 g/mol. The number of hydrogen-bond donors (Lipinski definition) is 1. The number of nitrogens with one attached hydrogen (secondary N) is 1. The van der Waals surface area contributed by atoms with Crippen LogP contribution in [0, 0.1) is 0 Å². The molecule has 3 rings (SSSR count). The fourth-order valence-corrected chi connectivity index (χ4v) is 5.39. The van der Waals surface area contributed by atoms with Crippen LogP contribution in [-0.4, -0.2) is 41.7 Å². The standard InChI is InChI=1S/C28H38N2O3S/c1-3-26(28(32)29-24-14-8-5-9-15-24)30(20-23-13-10-16-25(19-23)33-2)27(31)17-18-34-21-22-11-6-4-7-12-22/h4,6-7,10-13,16,19,24,26H,3,5,8-9,14-15,17-18,20-21H2,1-2H3,(H,29,32). The van der Waals surface area contributed by atoms with Gasteiger partial charge in [-0.3, -0.25) is 9.59 Å². The van der Waals surface area contributed by atoms with E-state index in [2.05, 4.69) is 17.4 Å². The fourth-order valence-electron chi connectivity index (χ4n) is 4.50. The number of hydrogen-bond acceptors (Lipinski definition) is 4. The van der Waals surface area contributed by atoms with Crippen LogP contribution in [0.4, 0.5) is 0 Å². The number of benzene rings is 2. The molecule has 34 heavy (non-hydrogen) atoms. The van der Waals surface area contributed by atoms with Gasteiger partial charge in [0.1, 0.15) is 11.8 Å². The van der Waals surface area contributed by atoms with E-state index in [4.69, 9.17) is 4.74 Å². The monoisotopic (exact) mass is 482 g/mol. The lowest BCUT2D eigenvalue weighted by molar-refractivity contribution is -0.141. The van der Waals surface area contributed by atoms with Crippen LogP contribution in [-0.2, 0) is 21.9 Å². The number of ether oxygens (including phenoxy) is 1. The van der Waals surface area contributed by atoms with E-state index >= 15 is 0 Å². The maximum Gasteiger partial charge on any atom is 0.243 e. The Kier molecular flexibility index (Phi) is 10.8. The SMILES string of the molecule is CCC(C(=O)NC1CCCCC1)N(Cc1cccc(OC)c1)C(=O)CCSCc1ccccc1. The van der Waals surface area contributed by atoms with Crippen LogP contribution < -0.4 is 10.1 Å². The van der Waals surface area contributed by atoms with E-state index in [9.17, 15) is 9.59 Å². The van der Waals surface area contributed by atoms with Gasteiger partial charge in [0.05, 0.1) is 7.11 Å². The highest BCUT2D eigenvalue weighted by molar-refractivity contribution is 7.98. The van der Waals surface area contributed by atoms with E-state index < -0.39 is 6.04 Å². The Bertz CT molecular complexity index is 900. The number of nitrogens with zero attached hydrogens (tertiary/aromatic N) is 1. The number of carbonyl (C=O) groups is 2. The molecule has 184 valence electrons. The molecule has 0 radical (unpaired) electrons. The molecule has 1 atom stereocenters. The summed E-state index contributed by atoms with van der Waals surface area (Å²) in [6.07, 6.45) is 6.62. The van der Waals surface area contributed by atoms with Crippen LogP contribution in [0.25, 0.3) is 0 Å². The van der Waals surface area contributed by atoms with Crippen molar-refractivity contribution in [2.24, 2.45) is 0 Å². The van der Waals surface area contributed by atoms with Gasteiger partial charge in [0.2, 0.25) is 11.8 Å². The molecule has 0 aliphatic heterocycles. The molecule has 0 heterocycles. The Morgan fingerprint density at radius 1 is 1.06 bits per heavy atom. The Morgan fingerprint density at radius 2 is 1.79 bits per heavy atom. The molecule has 1 aliphatic rings. The molecule has 1 fully saturated rings. The molecule has 0 bridgehead atoms. The van der Waals surface area contributed by atoms with Gasteiger partial charge in [-0.05, 0) is 42.5 Å². The van der Waals surface area contributed by atoms with E-state index in [-0.39, 0.29) is 17.9 Å². The smallest absolute Gasteiger partial charge is 0.243 e. The lowest BCUT2D eigenvalue weighted by Gasteiger charge is -2.33. The second-order valence-electron chi connectivity index (χ2n) is 8.93. The zero-order valence-electron chi connectivity index (χ0n) is 20.5. The average molecular weight is 483 g/mol. The molecule has 2 amide bonds. The number of thioether (sulfide) groups is 1. The highest BCUT2D eigenvalue weighted by Gasteiger charge is 2.30. The van der Waals surface area contributed by atoms with Crippen LogP contribution >= 0.6 is 11.8 Å². The third-order valence-corrected chi connectivity index (χ3v) is 7.43. The summed E-state index contributed by atoms with van der Waals surface area (Å²) in [5.74, 6) is 2.35. The van der Waals surface area contributed by atoms with Crippen LogP contribution in [0.15, 0.2) is 54.6 Å². The summed E-state index contributed by atoms with van der Waals surface area (Å²) in [6.45, 7) is 2.39. The molecule has 1 unspecified atom stereocenters. The summed E-state index contributed by atoms with van der Waals surface area (Å²) in [5.41, 5.74) is 2.22. The number of rotatable bonds is 12. The van der Waals surface area contributed by atoms with Gasteiger partial charge >= 0.3 is 0 Å². The molecule has 2 aromatic carbocycles. The predicted octanol–water partition coefficient (Wildman–Crippen LogP) is 5.57. The van der Waals surface area contributed by atoms with Gasteiger partial charge in [0.25, 0.3) is 0 Å². The maximum absolute atomic E-state index is 13.4. The quantitative estimate of drug-likeness (QED) is 0.402. The van der Waals surface area contributed by atoms with Crippen molar-refractivity contribution < 1.29 is 14.3 Å². The third-order valence-electron chi connectivity index (χ3n) is 6.40. The molecule has 6 heteroatoms. The Morgan fingerprint density at radius 3 is 2.50 bits per heavy atom. The van der Waals surface area contributed by atoms with Crippen molar-refractivity contribution in [3.63, 3.8) is 0 Å². The first-order chi connectivity index (χ1) is 16.6. The summed E-state index contributed by atoms with van der Waals surface area (Å²) in [7, 11) is 1.64. The van der Waals surface area contributed by atoms with E-state index in [1.165, 1.54) is 12.0 Å². The van der Waals surface area contributed by atoms with Crippen molar-refractivity contribution in [1.82, 2.24) is 10.2 Å². The Hall–Kier alpha value is -2.47. The normalized spacial score (nSPS) is 14.9. The molecule has 1 N–H and O–H groups in total. The van der Waals surface area contributed by atoms with E-state index in [0.717, 1.165) is 48.5 Å². The van der Waals surface area contributed by atoms with Gasteiger partial charge in [-0.1, -0.05) is 68.7 Å². The predicted molar refractivity (Wildman–Crippen MR) is 140 cm³/mol. The topological polar surface area (TPSA) is 58.6 Å². The first kappa shape index (κ1) is 26.1. The first-order valence-electron chi connectivity index (χ1n) is 12.4. The van der Waals surface area contributed by atoms with Gasteiger partial charge in [-0.25, -0.2) is 0 Å². The Balaban J connectivity index is 1.67. The summed E-state index contributed by atoms with van der Waals surface area (Å²) in [5, 5.41) is 3.24. The van der Waals surface area contributed by atoms with Crippen molar-refractivity contribution in [3.05, 3.63) is 65.7 Å². The molecule has 0 aromatic heterocycles. The summed E-state index contributed by atoms with van der Waals surface area (Å²) in [6, 6.07) is 17.8. The van der Waals surface area contributed by atoms with Crippen molar-refractivity contribution >= 4 is 23.6 Å². The van der Waals surface area contributed by atoms with E-state index in [1.807, 2.05) is 49.4 Å². The zero-order valence-corrected chi connectivity index (χ0v) is 21.3. The highest BCUT2D eigenvalue weighted by atomic mass is 32.2. The lowest BCUT2D eigenvalue weighted by Crippen LogP contribution is -2.51. The van der Waals surface area contributed by atoms with Crippen molar-refractivity contribution in [3.8, 4) is 5.75 Å². The molecular formula is C28H38N2O3S. The van der Waals surface area contributed by atoms with Gasteiger partial charge in [0.15, 0.2) is 0 Å². The lowest BCUT2D eigenvalue weighted by atomic mass is 9.95. The molecule has 0 saturated heterocycles. The van der Waals surface area contributed by atoms with Crippen LogP contribution in [0.3, 0.4) is 0 Å². The molecule has 1 saturated carbocycles. The van der Waals surface area contributed by atoms with Gasteiger partial charge < -0.3 is 15.0 Å². The third kappa shape index (κ3) is 8.08. The number of carbonyl (C=O) groups excluding carboxylic acids is 2. The average Bonchev–Trinajstić information content (AvgIpc) is 2.87. The molecule has 5 nitrogen and oxygen atoms in total. The van der Waals surface area contributed by atoms with Crippen molar-refractivity contribution in [2.75, 3.05) is 12.9 Å². The first-order valence-corrected chi connectivity index (χ1v) is 13.6. The van der Waals surface area contributed by atoms with Crippen LogP contribution in [0.1, 0.15) is 63.0 Å². The second-order valence-corrected chi connectivity index (χ2v) is 10.0. The van der Waals surface area contributed by atoms with Crippen molar-refractivity contribution in [2.45, 2.75) is 76.3 Å². The molecule has 1 aliphatic carbocycles. The van der Waals surface area contributed by atoms with Crippen LogP contribution in [0.5, 0.6) is 5.75 Å². The van der Waals surface area contributed by atoms with E-state index in [0.29, 0.717) is 19.4 Å². The minimum absolute atomic E-state index is 0.0222. The fraction of sp³-hybridized carbons (Fsp3) is 0.500. The number of methoxy groups -OCH3 is 1. The minimum Gasteiger partial charge on any atom is -0.497 e. The van der Waals surface area contributed by atoms with E-state index in [1.54, 1.807) is 23.8 Å². The number of amides is 2. The summed E-state index contributed by atoms with van der Waals surface area (Å²) < 4.78 is 5.37. The minimum atomic E-state index is -0.472. The second kappa shape index (κ2) is 14.1.